The number of ether oxygens (including phenoxy) is 1. The van der Waals surface area contributed by atoms with E-state index in [1.165, 1.54) is 0 Å². The van der Waals surface area contributed by atoms with Gasteiger partial charge in [0.25, 0.3) is 5.91 Å². The molecule has 2 aromatic rings. The van der Waals surface area contributed by atoms with Gasteiger partial charge in [-0.1, -0.05) is 6.07 Å². The molecule has 3 rings (SSSR count). The van der Waals surface area contributed by atoms with Crippen molar-refractivity contribution in [2.24, 2.45) is 0 Å². The first-order valence-corrected chi connectivity index (χ1v) is 7.27. The van der Waals surface area contributed by atoms with Crippen LogP contribution in [0, 0.1) is 6.92 Å². The molecule has 1 aromatic heterocycles. The zero-order valence-corrected chi connectivity index (χ0v) is 12.1. The minimum Gasteiger partial charge on any atom is -0.368 e. The topological polar surface area (TPSA) is 56.2 Å². The number of nitrogens with zero attached hydrogens (tertiary/aromatic N) is 2. The lowest BCUT2D eigenvalue weighted by Crippen LogP contribution is -2.33. The molecule has 1 aliphatic rings. The number of benzene rings is 1. The molecule has 5 nitrogen and oxygen atoms in total. The maximum Gasteiger partial charge on any atom is 0.253 e. The van der Waals surface area contributed by atoms with Gasteiger partial charge < -0.3 is 10.1 Å². The number of hydrogen-bond acceptors (Lipinski definition) is 3. The van der Waals surface area contributed by atoms with Crippen LogP contribution in [0.25, 0.3) is 5.69 Å². The molecule has 0 radical (unpaired) electrons. The molecular weight excluding hydrogens is 266 g/mol. The highest BCUT2D eigenvalue weighted by Gasteiger charge is 2.22. The van der Waals surface area contributed by atoms with E-state index in [0.29, 0.717) is 6.61 Å². The molecule has 1 N–H and O–H groups in total. The molecule has 1 atom stereocenters. The molecule has 5 heteroatoms. The van der Waals surface area contributed by atoms with Crippen LogP contribution >= 0.6 is 0 Å². The van der Waals surface area contributed by atoms with E-state index in [1.54, 1.807) is 10.9 Å². The Morgan fingerprint density at radius 2 is 2.33 bits per heavy atom. The van der Waals surface area contributed by atoms with E-state index in [1.807, 2.05) is 37.4 Å². The van der Waals surface area contributed by atoms with Crippen molar-refractivity contribution in [3.8, 4) is 5.69 Å². The van der Waals surface area contributed by atoms with Gasteiger partial charge in [-0.15, -0.1) is 0 Å². The summed E-state index contributed by atoms with van der Waals surface area (Å²) in [4.78, 5) is 12.3. The zero-order valence-electron chi connectivity index (χ0n) is 12.1. The van der Waals surface area contributed by atoms with Gasteiger partial charge in [-0.2, -0.15) is 5.10 Å². The molecular formula is C16H19N3O2. The number of aromatic nitrogens is 2. The van der Waals surface area contributed by atoms with Crippen molar-refractivity contribution >= 4 is 11.6 Å². The predicted octanol–water partition coefficient (Wildman–Crippen LogP) is 2.69. The van der Waals surface area contributed by atoms with Gasteiger partial charge in [0.05, 0.1) is 5.69 Å². The van der Waals surface area contributed by atoms with Crippen LogP contribution in [0.1, 0.15) is 24.8 Å². The molecule has 1 fully saturated rings. The van der Waals surface area contributed by atoms with Gasteiger partial charge in [-0.25, -0.2) is 4.68 Å². The maximum absolute atomic E-state index is 12.3. The van der Waals surface area contributed by atoms with Gasteiger partial charge in [0.15, 0.2) is 0 Å². The highest BCUT2D eigenvalue weighted by atomic mass is 16.5. The van der Waals surface area contributed by atoms with E-state index in [2.05, 4.69) is 10.4 Å². The molecule has 1 aromatic carbocycles. The Labute approximate surface area is 123 Å². The molecule has 0 aliphatic carbocycles. The van der Waals surface area contributed by atoms with E-state index in [4.69, 9.17) is 4.74 Å². The Morgan fingerprint density at radius 1 is 1.43 bits per heavy atom. The molecule has 0 bridgehead atoms. The van der Waals surface area contributed by atoms with Gasteiger partial charge in [0.1, 0.15) is 6.10 Å². The van der Waals surface area contributed by atoms with Crippen molar-refractivity contribution in [3.05, 3.63) is 42.2 Å². The van der Waals surface area contributed by atoms with Gasteiger partial charge in [0.2, 0.25) is 0 Å². The molecule has 2 heterocycles. The summed E-state index contributed by atoms with van der Waals surface area (Å²) in [7, 11) is 0. The number of carbonyl (C=O) groups is 1. The number of carbonyl (C=O) groups excluding carboxylic acids is 1. The van der Waals surface area contributed by atoms with Crippen LogP contribution < -0.4 is 5.32 Å². The number of rotatable bonds is 3. The molecule has 0 unspecified atom stereocenters. The molecule has 21 heavy (non-hydrogen) atoms. The quantitative estimate of drug-likeness (QED) is 0.943. The third-order valence-corrected chi connectivity index (χ3v) is 3.72. The van der Waals surface area contributed by atoms with Crippen LogP contribution in [0.2, 0.25) is 0 Å². The average Bonchev–Trinajstić information content (AvgIpc) is 3.04. The van der Waals surface area contributed by atoms with Crippen molar-refractivity contribution in [2.75, 3.05) is 11.9 Å². The Morgan fingerprint density at radius 3 is 3.05 bits per heavy atom. The van der Waals surface area contributed by atoms with Crippen LogP contribution in [0.15, 0.2) is 36.7 Å². The largest absolute Gasteiger partial charge is 0.368 e. The zero-order chi connectivity index (χ0) is 14.7. The summed E-state index contributed by atoms with van der Waals surface area (Å²) in [5.41, 5.74) is 2.75. The number of anilines is 1. The van der Waals surface area contributed by atoms with Crippen LogP contribution in [0.3, 0.4) is 0 Å². The lowest BCUT2D eigenvalue weighted by molar-refractivity contribution is -0.129. The third kappa shape index (κ3) is 3.13. The van der Waals surface area contributed by atoms with Crippen LogP contribution in [0.4, 0.5) is 5.69 Å². The predicted molar refractivity (Wildman–Crippen MR) is 80.5 cm³/mol. The first-order valence-electron chi connectivity index (χ1n) is 7.27. The minimum absolute atomic E-state index is 0.0598. The van der Waals surface area contributed by atoms with Gasteiger partial charge >= 0.3 is 0 Å². The summed E-state index contributed by atoms with van der Waals surface area (Å²) in [5.74, 6) is -0.0598. The first-order chi connectivity index (χ1) is 10.2. The molecule has 1 saturated heterocycles. The van der Waals surface area contributed by atoms with Crippen LogP contribution in [0.5, 0.6) is 0 Å². The van der Waals surface area contributed by atoms with Crippen molar-refractivity contribution in [3.63, 3.8) is 0 Å². The van der Waals surface area contributed by atoms with Crippen LogP contribution in [-0.2, 0) is 9.53 Å². The Bertz CT molecular complexity index is 616. The van der Waals surface area contributed by atoms with E-state index < -0.39 is 0 Å². The molecule has 0 spiro atoms. The summed E-state index contributed by atoms with van der Waals surface area (Å²) in [6.45, 7) is 2.65. The second kappa shape index (κ2) is 6.10. The summed E-state index contributed by atoms with van der Waals surface area (Å²) >= 11 is 0. The van der Waals surface area contributed by atoms with Crippen molar-refractivity contribution in [1.29, 1.82) is 0 Å². The van der Waals surface area contributed by atoms with Crippen molar-refractivity contribution in [2.45, 2.75) is 32.3 Å². The highest BCUT2D eigenvalue weighted by molar-refractivity contribution is 5.95. The molecule has 1 aliphatic heterocycles. The fourth-order valence-electron chi connectivity index (χ4n) is 2.47. The Balaban J connectivity index is 1.78. The number of hydrogen-bond donors (Lipinski definition) is 1. The fourth-order valence-corrected chi connectivity index (χ4v) is 2.47. The summed E-state index contributed by atoms with van der Waals surface area (Å²) in [6, 6.07) is 7.76. The summed E-state index contributed by atoms with van der Waals surface area (Å²) in [6.07, 6.45) is 6.16. The van der Waals surface area contributed by atoms with Gasteiger partial charge in [-0.3, -0.25) is 4.79 Å². The minimum atomic E-state index is -0.327. The number of aryl methyl sites for hydroxylation is 1. The van der Waals surface area contributed by atoms with E-state index >= 15 is 0 Å². The molecule has 1 amide bonds. The van der Waals surface area contributed by atoms with Crippen LogP contribution in [-0.4, -0.2) is 28.4 Å². The molecule has 0 saturated carbocycles. The molecule has 110 valence electrons. The average molecular weight is 285 g/mol. The smallest absolute Gasteiger partial charge is 0.253 e. The fraction of sp³-hybridized carbons (Fsp3) is 0.375. The lowest BCUT2D eigenvalue weighted by Gasteiger charge is -2.22. The highest BCUT2D eigenvalue weighted by Crippen LogP contribution is 2.21. The Hall–Kier alpha value is -2.14. The third-order valence-electron chi connectivity index (χ3n) is 3.72. The van der Waals surface area contributed by atoms with E-state index in [0.717, 1.165) is 36.2 Å². The normalized spacial score (nSPS) is 18.4. The number of nitrogens with one attached hydrogen (secondary N) is 1. The summed E-state index contributed by atoms with van der Waals surface area (Å²) in [5, 5.41) is 7.18. The standard InChI is InChI=1S/C16H19N3O2/c1-12-6-7-13(19-9-4-8-17-19)11-14(12)18-16(20)15-5-2-3-10-21-15/h4,6-9,11,15H,2-3,5,10H2,1H3,(H,18,20)/t15-/m0/s1. The van der Waals surface area contributed by atoms with Gasteiger partial charge in [-0.05, 0) is 49.9 Å². The van der Waals surface area contributed by atoms with E-state index in [9.17, 15) is 4.79 Å². The SMILES string of the molecule is Cc1ccc(-n2cccn2)cc1NC(=O)[C@@H]1CCCCO1. The van der Waals surface area contributed by atoms with Crippen molar-refractivity contribution < 1.29 is 9.53 Å². The maximum atomic E-state index is 12.3. The lowest BCUT2D eigenvalue weighted by atomic mass is 10.1. The van der Waals surface area contributed by atoms with E-state index in [-0.39, 0.29) is 12.0 Å². The second-order valence-electron chi connectivity index (χ2n) is 5.29. The monoisotopic (exact) mass is 285 g/mol. The van der Waals surface area contributed by atoms with Gasteiger partial charge in [0, 0.05) is 24.7 Å². The summed E-state index contributed by atoms with van der Waals surface area (Å²) < 4.78 is 7.29. The number of amides is 1. The first kappa shape index (κ1) is 13.8. The van der Waals surface area contributed by atoms with Crippen molar-refractivity contribution in [1.82, 2.24) is 9.78 Å². The second-order valence-corrected chi connectivity index (χ2v) is 5.29. The Kier molecular flexibility index (Phi) is 4.01.